The summed E-state index contributed by atoms with van der Waals surface area (Å²) in [4.78, 5) is 0. The third kappa shape index (κ3) is 6.37. The summed E-state index contributed by atoms with van der Waals surface area (Å²) in [6.45, 7) is 1.67. The Bertz CT molecular complexity index is 936. The minimum absolute atomic E-state index is 0. The van der Waals surface area contributed by atoms with E-state index in [1.807, 2.05) is 48.5 Å². The highest BCUT2D eigenvalue weighted by molar-refractivity contribution is 5.85. The first-order valence-corrected chi connectivity index (χ1v) is 9.57. The number of rotatable bonds is 10. The Labute approximate surface area is 183 Å². The van der Waals surface area contributed by atoms with E-state index in [9.17, 15) is 4.39 Å². The van der Waals surface area contributed by atoms with Gasteiger partial charge in [0.25, 0.3) is 0 Å². The molecule has 0 aliphatic rings. The van der Waals surface area contributed by atoms with Gasteiger partial charge in [-0.2, -0.15) is 0 Å². The zero-order valence-corrected chi connectivity index (χ0v) is 18.0. The van der Waals surface area contributed by atoms with E-state index in [0.29, 0.717) is 12.1 Å². The quantitative estimate of drug-likeness (QED) is 0.449. The van der Waals surface area contributed by atoms with Gasteiger partial charge in [-0.25, -0.2) is 4.39 Å². The van der Waals surface area contributed by atoms with Crippen LogP contribution in [0.3, 0.4) is 0 Å². The van der Waals surface area contributed by atoms with Crippen LogP contribution < -0.4 is 19.5 Å². The number of nitrogens with one attached hydrogen (secondary N) is 1. The Morgan fingerprint density at radius 3 is 2.23 bits per heavy atom. The second-order valence-corrected chi connectivity index (χ2v) is 6.60. The van der Waals surface area contributed by atoms with Crippen molar-refractivity contribution in [3.8, 4) is 17.2 Å². The van der Waals surface area contributed by atoms with Crippen LogP contribution in [0, 0.1) is 5.82 Å². The zero-order chi connectivity index (χ0) is 20.5. The van der Waals surface area contributed by atoms with E-state index in [2.05, 4.69) is 5.32 Å². The number of halogens is 2. The molecule has 0 spiro atoms. The van der Waals surface area contributed by atoms with Gasteiger partial charge in [-0.3, -0.25) is 0 Å². The molecule has 0 saturated heterocycles. The maximum atomic E-state index is 13.8. The molecule has 3 rings (SSSR count). The summed E-state index contributed by atoms with van der Waals surface area (Å²) in [6, 6.07) is 20.4. The molecule has 6 heteroatoms. The van der Waals surface area contributed by atoms with Crippen molar-refractivity contribution in [1.29, 1.82) is 0 Å². The molecular formula is C24H27ClFNO3. The minimum Gasteiger partial charge on any atom is -0.493 e. The van der Waals surface area contributed by atoms with Crippen molar-refractivity contribution in [2.24, 2.45) is 0 Å². The molecular weight excluding hydrogens is 405 g/mol. The lowest BCUT2D eigenvalue weighted by molar-refractivity contribution is 0.296. The normalized spacial score (nSPS) is 10.2. The molecule has 0 aromatic heterocycles. The largest absolute Gasteiger partial charge is 0.493 e. The lowest BCUT2D eigenvalue weighted by Gasteiger charge is -2.13. The highest BCUT2D eigenvalue weighted by Gasteiger charge is 2.07. The van der Waals surface area contributed by atoms with E-state index in [0.717, 1.165) is 35.8 Å². The standard InChI is InChI=1S/C24H26FNO3.ClH/c1-27-23-12-11-18(15-24(23)28-2)13-14-26-16-19-7-4-6-10-22(19)29-17-20-8-3-5-9-21(20)25;/h3-12,15,26H,13-14,16-17H2,1-2H3;1H. The van der Waals surface area contributed by atoms with Crippen molar-refractivity contribution < 1.29 is 18.6 Å². The number of hydrogen-bond donors (Lipinski definition) is 1. The van der Waals surface area contributed by atoms with Gasteiger partial charge in [0, 0.05) is 17.7 Å². The van der Waals surface area contributed by atoms with E-state index >= 15 is 0 Å². The molecule has 3 aromatic rings. The molecule has 0 amide bonds. The van der Waals surface area contributed by atoms with Crippen molar-refractivity contribution in [3.05, 3.63) is 89.2 Å². The Kier molecular flexibility index (Phi) is 9.45. The topological polar surface area (TPSA) is 39.7 Å². The van der Waals surface area contributed by atoms with Crippen LogP contribution in [0.1, 0.15) is 16.7 Å². The Balaban J connectivity index is 0.00000320. The van der Waals surface area contributed by atoms with Crippen LogP contribution in [0.4, 0.5) is 4.39 Å². The second kappa shape index (κ2) is 12.1. The minimum atomic E-state index is -0.252. The fourth-order valence-electron chi connectivity index (χ4n) is 3.05. The monoisotopic (exact) mass is 431 g/mol. The maximum absolute atomic E-state index is 13.8. The Morgan fingerprint density at radius 2 is 1.50 bits per heavy atom. The first-order chi connectivity index (χ1) is 14.2. The summed E-state index contributed by atoms with van der Waals surface area (Å²) in [6.07, 6.45) is 0.860. The van der Waals surface area contributed by atoms with Gasteiger partial charge >= 0.3 is 0 Å². The van der Waals surface area contributed by atoms with Gasteiger partial charge in [-0.15, -0.1) is 12.4 Å². The smallest absolute Gasteiger partial charge is 0.160 e. The summed E-state index contributed by atoms with van der Waals surface area (Å²) >= 11 is 0. The second-order valence-electron chi connectivity index (χ2n) is 6.60. The predicted octanol–water partition coefficient (Wildman–Crippen LogP) is 5.18. The highest BCUT2D eigenvalue weighted by Crippen LogP contribution is 2.27. The van der Waals surface area contributed by atoms with Crippen molar-refractivity contribution in [2.75, 3.05) is 20.8 Å². The highest BCUT2D eigenvalue weighted by atomic mass is 35.5. The molecule has 160 valence electrons. The van der Waals surface area contributed by atoms with Crippen LogP contribution in [-0.4, -0.2) is 20.8 Å². The van der Waals surface area contributed by atoms with Gasteiger partial charge in [-0.05, 0) is 42.8 Å². The van der Waals surface area contributed by atoms with Crippen molar-refractivity contribution >= 4 is 12.4 Å². The van der Waals surface area contributed by atoms with E-state index < -0.39 is 0 Å². The van der Waals surface area contributed by atoms with Gasteiger partial charge < -0.3 is 19.5 Å². The molecule has 0 aliphatic heterocycles. The molecule has 0 heterocycles. The van der Waals surface area contributed by atoms with Crippen LogP contribution in [0.15, 0.2) is 66.7 Å². The molecule has 0 saturated carbocycles. The fourth-order valence-corrected chi connectivity index (χ4v) is 3.05. The summed E-state index contributed by atoms with van der Waals surface area (Å²) in [5.41, 5.74) is 2.75. The third-order valence-electron chi connectivity index (χ3n) is 4.67. The average molecular weight is 432 g/mol. The number of ether oxygens (including phenoxy) is 3. The van der Waals surface area contributed by atoms with Crippen molar-refractivity contribution in [2.45, 2.75) is 19.6 Å². The lowest BCUT2D eigenvalue weighted by atomic mass is 10.1. The average Bonchev–Trinajstić information content (AvgIpc) is 2.76. The van der Waals surface area contributed by atoms with Gasteiger partial charge in [0.05, 0.1) is 14.2 Å². The summed E-state index contributed by atoms with van der Waals surface area (Å²) in [5, 5.41) is 3.44. The number of methoxy groups -OCH3 is 2. The third-order valence-corrected chi connectivity index (χ3v) is 4.67. The van der Waals surface area contributed by atoms with Crippen LogP contribution in [0.25, 0.3) is 0 Å². The summed E-state index contributed by atoms with van der Waals surface area (Å²) < 4.78 is 30.3. The molecule has 0 atom stereocenters. The number of benzene rings is 3. The van der Waals surface area contributed by atoms with Crippen LogP contribution in [-0.2, 0) is 19.6 Å². The van der Waals surface area contributed by atoms with Gasteiger partial charge in [-0.1, -0.05) is 42.5 Å². The first-order valence-electron chi connectivity index (χ1n) is 9.57. The van der Waals surface area contributed by atoms with Crippen molar-refractivity contribution in [1.82, 2.24) is 5.32 Å². The summed E-state index contributed by atoms with van der Waals surface area (Å²) in [5.74, 6) is 1.97. The molecule has 0 unspecified atom stereocenters. The molecule has 1 N–H and O–H groups in total. The number of hydrogen-bond acceptors (Lipinski definition) is 4. The Hall–Kier alpha value is -2.76. The zero-order valence-electron chi connectivity index (χ0n) is 17.2. The van der Waals surface area contributed by atoms with Gasteiger partial charge in [0.15, 0.2) is 11.5 Å². The lowest BCUT2D eigenvalue weighted by Crippen LogP contribution is -2.17. The first kappa shape index (κ1) is 23.5. The van der Waals surface area contributed by atoms with E-state index in [1.165, 1.54) is 11.6 Å². The SMILES string of the molecule is COc1ccc(CCNCc2ccccc2OCc2ccccc2F)cc1OC.Cl. The molecule has 0 fully saturated rings. The molecule has 4 nitrogen and oxygen atoms in total. The summed E-state index contributed by atoms with van der Waals surface area (Å²) in [7, 11) is 3.27. The predicted molar refractivity (Wildman–Crippen MR) is 119 cm³/mol. The van der Waals surface area contributed by atoms with E-state index in [4.69, 9.17) is 14.2 Å². The van der Waals surface area contributed by atoms with E-state index in [1.54, 1.807) is 26.4 Å². The Morgan fingerprint density at radius 1 is 0.800 bits per heavy atom. The maximum Gasteiger partial charge on any atom is 0.160 e. The molecule has 3 aromatic carbocycles. The van der Waals surface area contributed by atoms with E-state index in [-0.39, 0.29) is 24.8 Å². The van der Waals surface area contributed by atoms with Crippen molar-refractivity contribution in [3.63, 3.8) is 0 Å². The molecule has 0 aliphatic carbocycles. The number of para-hydroxylation sites is 1. The molecule has 0 radical (unpaired) electrons. The van der Waals surface area contributed by atoms with Gasteiger partial charge in [0.2, 0.25) is 0 Å². The van der Waals surface area contributed by atoms with Crippen LogP contribution >= 0.6 is 12.4 Å². The fraction of sp³-hybridized carbons (Fsp3) is 0.250. The molecule has 0 bridgehead atoms. The van der Waals surface area contributed by atoms with Gasteiger partial charge in [0.1, 0.15) is 18.2 Å². The molecule has 30 heavy (non-hydrogen) atoms. The van der Waals surface area contributed by atoms with Crippen LogP contribution in [0.5, 0.6) is 17.2 Å². The van der Waals surface area contributed by atoms with Crippen LogP contribution in [0.2, 0.25) is 0 Å².